The van der Waals surface area contributed by atoms with Gasteiger partial charge in [-0.3, -0.25) is 4.79 Å². The third-order valence-electron chi connectivity index (χ3n) is 2.60. The monoisotopic (exact) mass is 221 g/mol. The first-order valence-corrected chi connectivity index (χ1v) is 6.25. The molecule has 0 saturated carbocycles. The van der Waals surface area contributed by atoms with Gasteiger partial charge in [0.2, 0.25) is 5.91 Å². The summed E-state index contributed by atoms with van der Waals surface area (Å²) < 4.78 is 0. The zero-order chi connectivity index (χ0) is 10.5. The maximum atomic E-state index is 11.7. The van der Waals surface area contributed by atoms with E-state index in [9.17, 15) is 4.79 Å². The minimum atomic E-state index is 0.156. The number of hydrogen-bond acceptors (Lipinski definition) is 2. The van der Waals surface area contributed by atoms with E-state index in [0.29, 0.717) is 0 Å². The zero-order valence-corrected chi connectivity index (χ0v) is 9.50. The Morgan fingerprint density at radius 1 is 1.33 bits per heavy atom. The molecule has 1 fully saturated rings. The molecule has 0 aromatic carbocycles. The molecular formula is C12H15NOS. The summed E-state index contributed by atoms with van der Waals surface area (Å²) in [6.45, 7) is 1.85. The van der Waals surface area contributed by atoms with Crippen LogP contribution in [0.25, 0.3) is 6.08 Å². The molecule has 1 aromatic heterocycles. The summed E-state index contributed by atoms with van der Waals surface area (Å²) in [5, 5.41) is 2.02. The van der Waals surface area contributed by atoms with Crippen molar-refractivity contribution in [3.63, 3.8) is 0 Å². The van der Waals surface area contributed by atoms with E-state index in [-0.39, 0.29) is 5.91 Å². The second-order valence-electron chi connectivity index (χ2n) is 3.73. The molecule has 0 spiro atoms. The largest absolute Gasteiger partial charge is 0.339 e. The summed E-state index contributed by atoms with van der Waals surface area (Å²) in [4.78, 5) is 14.8. The van der Waals surface area contributed by atoms with Crippen molar-refractivity contribution in [3.8, 4) is 0 Å². The number of likely N-dealkylation sites (tertiary alicyclic amines) is 1. The van der Waals surface area contributed by atoms with Crippen molar-refractivity contribution >= 4 is 23.3 Å². The Hall–Kier alpha value is -1.09. The lowest BCUT2D eigenvalue weighted by molar-refractivity contribution is -0.126. The lowest BCUT2D eigenvalue weighted by Crippen LogP contribution is -2.34. The van der Waals surface area contributed by atoms with Crippen molar-refractivity contribution in [2.75, 3.05) is 13.1 Å². The highest BCUT2D eigenvalue weighted by molar-refractivity contribution is 7.10. The van der Waals surface area contributed by atoms with E-state index in [1.165, 1.54) is 6.42 Å². The fourth-order valence-corrected chi connectivity index (χ4v) is 2.38. The van der Waals surface area contributed by atoms with Crippen LogP contribution in [0.3, 0.4) is 0 Å². The molecule has 1 saturated heterocycles. The fraction of sp³-hybridized carbons (Fsp3) is 0.417. The Balaban J connectivity index is 1.91. The Morgan fingerprint density at radius 3 is 2.80 bits per heavy atom. The van der Waals surface area contributed by atoms with E-state index in [2.05, 4.69) is 0 Å². The molecule has 0 unspecified atom stereocenters. The lowest BCUT2D eigenvalue weighted by atomic mass is 10.1. The Morgan fingerprint density at radius 2 is 2.13 bits per heavy atom. The van der Waals surface area contributed by atoms with Crippen LogP contribution in [0.5, 0.6) is 0 Å². The smallest absolute Gasteiger partial charge is 0.246 e. The van der Waals surface area contributed by atoms with Crippen molar-refractivity contribution in [2.45, 2.75) is 19.3 Å². The Kier molecular flexibility index (Phi) is 3.56. The van der Waals surface area contributed by atoms with Crippen molar-refractivity contribution in [2.24, 2.45) is 0 Å². The van der Waals surface area contributed by atoms with Crippen LogP contribution >= 0.6 is 11.3 Å². The van der Waals surface area contributed by atoms with Crippen LogP contribution in [-0.4, -0.2) is 23.9 Å². The summed E-state index contributed by atoms with van der Waals surface area (Å²) in [6.07, 6.45) is 7.16. The third-order valence-corrected chi connectivity index (χ3v) is 3.44. The van der Waals surface area contributed by atoms with Crippen LogP contribution in [0.4, 0.5) is 0 Å². The average Bonchev–Trinajstić information content (AvgIpc) is 2.80. The third kappa shape index (κ3) is 2.93. The van der Waals surface area contributed by atoms with E-state index in [1.807, 2.05) is 28.5 Å². The lowest BCUT2D eigenvalue weighted by Gasteiger charge is -2.25. The van der Waals surface area contributed by atoms with Crippen molar-refractivity contribution in [1.29, 1.82) is 0 Å². The van der Waals surface area contributed by atoms with Gasteiger partial charge in [-0.15, -0.1) is 11.3 Å². The molecule has 1 aromatic rings. The molecule has 0 atom stereocenters. The molecular weight excluding hydrogens is 206 g/mol. The second kappa shape index (κ2) is 5.12. The predicted molar refractivity (Wildman–Crippen MR) is 63.8 cm³/mol. The van der Waals surface area contributed by atoms with Crippen LogP contribution in [-0.2, 0) is 4.79 Å². The molecule has 1 aliphatic heterocycles. The first-order valence-electron chi connectivity index (χ1n) is 5.37. The molecule has 0 bridgehead atoms. The van der Waals surface area contributed by atoms with Gasteiger partial charge in [-0.1, -0.05) is 6.07 Å². The van der Waals surface area contributed by atoms with Gasteiger partial charge in [-0.25, -0.2) is 0 Å². The fourth-order valence-electron chi connectivity index (χ4n) is 1.76. The van der Waals surface area contributed by atoms with Gasteiger partial charge in [-0.2, -0.15) is 0 Å². The standard InChI is InChI=1S/C12H15NOS/c14-12(13-8-2-1-3-9-13)7-6-11-5-4-10-15-11/h4-7,10H,1-3,8-9H2/b7-6+. The van der Waals surface area contributed by atoms with Crippen LogP contribution in [0.15, 0.2) is 23.6 Å². The number of nitrogens with zero attached hydrogens (tertiary/aromatic N) is 1. The van der Waals surface area contributed by atoms with Crippen LogP contribution in [0.1, 0.15) is 24.1 Å². The number of hydrogen-bond donors (Lipinski definition) is 0. The zero-order valence-electron chi connectivity index (χ0n) is 8.69. The Labute approximate surface area is 94.2 Å². The molecule has 1 aliphatic rings. The van der Waals surface area contributed by atoms with Crippen molar-refractivity contribution in [1.82, 2.24) is 4.90 Å². The summed E-state index contributed by atoms with van der Waals surface area (Å²) in [5.41, 5.74) is 0. The minimum absolute atomic E-state index is 0.156. The maximum absolute atomic E-state index is 11.7. The van der Waals surface area contributed by atoms with Crippen molar-refractivity contribution < 1.29 is 4.79 Å². The minimum Gasteiger partial charge on any atom is -0.339 e. The molecule has 0 aliphatic carbocycles. The van der Waals surface area contributed by atoms with E-state index in [4.69, 9.17) is 0 Å². The average molecular weight is 221 g/mol. The summed E-state index contributed by atoms with van der Waals surface area (Å²) in [7, 11) is 0. The first-order chi connectivity index (χ1) is 7.36. The number of thiophene rings is 1. The van der Waals surface area contributed by atoms with Gasteiger partial charge in [0.1, 0.15) is 0 Å². The predicted octanol–water partition coefficient (Wildman–Crippen LogP) is 2.77. The van der Waals surface area contributed by atoms with E-state index >= 15 is 0 Å². The topological polar surface area (TPSA) is 20.3 Å². The second-order valence-corrected chi connectivity index (χ2v) is 4.71. The molecule has 15 heavy (non-hydrogen) atoms. The number of piperidine rings is 1. The van der Waals surface area contributed by atoms with Gasteiger partial charge in [0.25, 0.3) is 0 Å². The number of carbonyl (C=O) groups excluding carboxylic acids is 1. The van der Waals surface area contributed by atoms with E-state index in [0.717, 1.165) is 30.8 Å². The number of amides is 1. The molecule has 3 heteroatoms. The van der Waals surface area contributed by atoms with Gasteiger partial charge < -0.3 is 4.90 Å². The SMILES string of the molecule is O=C(/C=C/c1cccs1)N1CCCCC1. The molecule has 2 heterocycles. The number of rotatable bonds is 2. The normalized spacial score (nSPS) is 17.2. The Bertz CT molecular complexity index is 337. The van der Waals surface area contributed by atoms with Crippen LogP contribution in [0, 0.1) is 0 Å². The van der Waals surface area contributed by atoms with Gasteiger partial charge >= 0.3 is 0 Å². The summed E-state index contributed by atoms with van der Waals surface area (Å²) in [5.74, 6) is 0.156. The van der Waals surface area contributed by atoms with Gasteiger partial charge in [0.05, 0.1) is 0 Å². The highest BCUT2D eigenvalue weighted by atomic mass is 32.1. The summed E-state index contributed by atoms with van der Waals surface area (Å²) in [6, 6.07) is 4.01. The maximum Gasteiger partial charge on any atom is 0.246 e. The van der Waals surface area contributed by atoms with Crippen LogP contribution < -0.4 is 0 Å². The molecule has 1 amide bonds. The van der Waals surface area contributed by atoms with E-state index in [1.54, 1.807) is 17.4 Å². The highest BCUT2D eigenvalue weighted by Crippen LogP contribution is 2.12. The first kappa shape index (κ1) is 10.4. The molecule has 2 rings (SSSR count). The van der Waals surface area contributed by atoms with Gasteiger partial charge in [-0.05, 0) is 36.8 Å². The quantitative estimate of drug-likeness (QED) is 0.703. The molecule has 0 radical (unpaired) electrons. The van der Waals surface area contributed by atoms with Gasteiger partial charge in [0, 0.05) is 24.0 Å². The molecule has 0 N–H and O–H groups in total. The summed E-state index contributed by atoms with van der Waals surface area (Å²) >= 11 is 1.65. The highest BCUT2D eigenvalue weighted by Gasteiger charge is 2.13. The van der Waals surface area contributed by atoms with E-state index < -0.39 is 0 Å². The van der Waals surface area contributed by atoms with Crippen molar-refractivity contribution in [3.05, 3.63) is 28.5 Å². The molecule has 80 valence electrons. The van der Waals surface area contributed by atoms with Gasteiger partial charge in [0.15, 0.2) is 0 Å². The van der Waals surface area contributed by atoms with Crippen LogP contribution in [0.2, 0.25) is 0 Å². The number of carbonyl (C=O) groups is 1. The molecule has 2 nitrogen and oxygen atoms in total.